The summed E-state index contributed by atoms with van der Waals surface area (Å²) in [6, 6.07) is 3.37. The van der Waals surface area contributed by atoms with Crippen molar-refractivity contribution in [3.05, 3.63) is 52.4 Å². The van der Waals surface area contributed by atoms with Crippen LogP contribution in [0.2, 0.25) is 0 Å². The van der Waals surface area contributed by atoms with Crippen LogP contribution in [-0.2, 0) is 18.9 Å². The van der Waals surface area contributed by atoms with Gasteiger partial charge in [-0.2, -0.15) is 13.5 Å². The first-order chi connectivity index (χ1) is 26.7. The molecule has 0 radical (unpaired) electrons. The van der Waals surface area contributed by atoms with E-state index in [0.29, 0.717) is 0 Å². The molecule has 2 N–H and O–H groups in total. The van der Waals surface area contributed by atoms with E-state index in [9.17, 15) is 28.8 Å². The lowest BCUT2D eigenvalue weighted by Crippen LogP contribution is -2.25. The summed E-state index contributed by atoms with van der Waals surface area (Å²) < 4.78 is 23.0. The van der Waals surface area contributed by atoms with E-state index in [1.54, 1.807) is 55.4 Å². The van der Waals surface area contributed by atoms with Crippen molar-refractivity contribution in [3.63, 3.8) is 0 Å². The van der Waals surface area contributed by atoms with E-state index in [0.717, 1.165) is 25.7 Å². The maximum absolute atomic E-state index is 12.0. The van der Waals surface area contributed by atoms with E-state index in [1.807, 2.05) is 0 Å². The second kappa shape index (κ2) is 17.2. The zero-order chi connectivity index (χ0) is 42.2. The zero-order valence-corrected chi connectivity index (χ0v) is 31.3. The quantitative estimate of drug-likeness (QED) is 0.154. The molecule has 0 aromatic carbocycles. The molecule has 0 amide bonds. The standard InChI is InChI=1S/C12H15N5O4.C10H11N5O4.C8H7N5O4/c1-5-20-10(19)8-6-7(9(18)21-12(2,3)4)13-11-14-15-16-17(8)11;1-10(2,3)19-8(18)5-4-6(7(16)17)15-9(11-5)12-13-14-15;1-2-17-7(16)5-3-4(6(14)15)9-8-10-11-12-13(5)8/h6H,5H2,1-4H3;4H,1-3H3,(H,16,17);3H,2H2,1H3,(H,14,15). The van der Waals surface area contributed by atoms with Gasteiger partial charge in [0.15, 0.2) is 34.2 Å². The van der Waals surface area contributed by atoms with E-state index in [4.69, 9.17) is 29.2 Å². The number of rotatable bonds is 8. The van der Waals surface area contributed by atoms with E-state index in [1.165, 1.54) is 6.07 Å². The van der Waals surface area contributed by atoms with Crippen LogP contribution < -0.4 is 0 Å². The summed E-state index contributed by atoms with van der Waals surface area (Å²) in [7, 11) is 0. The fourth-order valence-electron chi connectivity index (χ4n) is 4.05. The molecule has 27 nitrogen and oxygen atoms in total. The minimum Gasteiger partial charge on any atom is -0.477 e. The summed E-state index contributed by atoms with van der Waals surface area (Å²) in [6.45, 7) is 13.9. The van der Waals surface area contributed by atoms with Gasteiger partial charge in [0.25, 0.3) is 17.3 Å². The molecule has 57 heavy (non-hydrogen) atoms. The van der Waals surface area contributed by atoms with Gasteiger partial charge in [-0.05, 0) is 86.7 Å². The predicted molar refractivity (Wildman–Crippen MR) is 182 cm³/mol. The van der Waals surface area contributed by atoms with Crippen molar-refractivity contribution in [2.24, 2.45) is 0 Å². The van der Waals surface area contributed by atoms with Gasteiger partial charge < -0.3 is 29.2 Å². The number of carbonyl (C=O) groups excluding carboxylic acids is 4. The average molecular weight is 796 g/mol. The van der Waals surface area contributed by atoms with Gasteiger partial charge in [0.05, 0.1) is 13.2 Å². The number of nitrogens with zero attached hydrogens (tertiary/aromatic N) is 15. The normalized spacial score (nSPS) is 11.2. The number of esters is 4. The summed E-state index contributed by atoms with van der Waals surface area (Å²) in [4.78, 5) is 80.7. The third kappa shape index (κ3) is 10.7. The molecule has 0 saturated carbocycles. The van der Waals surface area contributed by atoms with Crippen LogP contribution in [0.1, 0.15) is 118 Å². The van der Waals surface area contributed by atoms with Crippen LogP contribution in [-0.4, -0.2) is 146 Å². The molecule has 6 aromatic heterocycles. The molecule has 0 aliphatic heterocycles. The fourth-order valence-corrected chi connectivity index (χ4v) is 4.05. The zero-order valence-electron chi connectivity index (χ0n) is 31.3. The first-order valence-corrected chi connectivity index (χ1v) is 16.3. The minimum atomic E-state index is -1.28. The van der Waals surface area contributed by atoms with Crippen molar-refractivity contribution in [1.82, 2.24) is 75.1 Å². The highest BCUT2D eigenvalue weighted by Gasteiger charge is 2.25. The maximum Gasteiger partial charge on any atom is 0.357 e. The highest BCUT2D eigenvalue weighted by molar-refractivity contribution is 5.94. The maximum atomic E-state index is 12.0. The number of carboxylic acids is 2. The Morgan fingerprint density at radius 2 is 0.860 bits per heavy atom. The summed E-state index contributed by atoms with van der Waals surface area (Å²) in [5.41, 5.74) is -2.27. The molecular formula is C30H33N15O12. The lowest BCUT2D eigenvalue weighted by atomic mass is 10.2. The number of tetrazole rings is 3. The number of aromatic carboxylic acids is 2. The number of aromatic nitrogens is 15. The Hall–Kier alpha value is -7.74. The van der Waals surface area contributed by atoms with Crippen molar-refractivity contribution >= 4 is 53.1 Å². The van der Waals surface area contributed by atoms with Crippen LogP contribution in [0.5, 0.6) is 0 Å². The van der Waals surface area contributed by atoms with Gasteiger partial charge >= 0.3 is 35.8 Å². The lowest BCUT2D eigenvalue weighted by molar-refractivity contribution is 0.00503. The first-order valence-electron chi connectivity index (χ1n) is 16.3. The molecular weight excluding hydrogens is 762 g/mol. The number of hydrogen-bond donors (Lipinski definition) is 2. The summed E-state index contributed by atoms with van der Waals surface area (Å²) >= 11 is 0. The smallest absolute Gasteiger partial charge is 0.357 e. The molecule has 0 atom stereocenters. The predicted octanol–water partition coefficient (Wildman–Crippen LogP) is 0.218. The molecule has 0 spiro atoms. The Balaban J connectivity index is 0.000000190. The number of ether oxygens (including phenoxy) is 4. The van der Waals surface area contributed by atoms with Crippen molar-refractivity contribution in [3.8, 4) is 0 Å². The Morgan fingerprint density at radius 1 is 0.526 bits per heavy atom. The molecule has 6 aromatic rings. The van der Waals surface area contributed by atoms with Gasteiger partial charge in [0, 0.05) is 18.2 Å². The molecule has 6 rings (SSSR count). The fraction of sp³-hybridized carbons (Fsp3) is 0.400. The van der Waals surface area contributed by atoms with Crippen LogP contribution >= 0.6 is 0 Å². The number of carboxylic acid groups (broad SMARTS) is 2. The molecule has 0 saturated heterocycles. The second-order valence-corrected chi connectivity index (χ2v) is 12.8. The SMILES string of the molecule is CC(C)(C)OC(=O)c1cc(C(=O)O)n2nnnc2n1.CCOC(=O)c1cc(C(=O)O)nc2nnnn12.CCOC(=O)c1cc(C(=O)OC(C)(C)C)nc2nnnn12. The summed E-state index contributed by atoms with van der Waals surface area (Å²) in [5.74, 6) is -5.46. The van der Waals surface area contributed by atoms with E-state index in [-0.39, 0.29) is 64.7 Å². The Labute approximate surface area is 318 Å². The lowest BCUT2D eigenvalue weighted by Gasteiger charge is -2.19. The van der Waals surface area contributed by atoms with E-state index < -0.39 is 47.0 Å². The summed E-state index contributed by atoms with van der Waals surface area (Å²) in [5, 5.41) is 49.2. The van der Waals surface area contributed by atoms with Gasteiger partial charge in [0.1, 0.15) is 11.2 Å². The first kappa shape index (κ1) is 42.0. The Morgan fingerprint density at radius 3 is 1.19 bits per heavy atom. The average Bonchev–Trinajstić information content (AvgIpc) is 3.90. The van der Waals surface area contributed by atoms with Crippen LogP contribution in [0.3, 0.4) is 0 Å². The highest BCUT2D eigenvalue weighted by Crippen LogP contribution is 2.15. The minimum absolute atomic E-state index is 0.00714. The number of fused-ring (bicyclic) bond motifs is 3. The van der Waals surface area contributed by atoms with Gasteiger partial charge in [-0.25, -0.2) is 43.7 Å². The van der Waals surface area contributed by atoms with Crippen LogP contribution in [0, 0.1) is 0 Å². The number of carbonyl (C=O) groups is 6. The summed E-state index contributed by atoms with van der Waals surface area (Å²) in [6.07, 6.45) is 0. The van der Waals surface area contributed by atoms with E-state index >= 15 is 0 Å². The largest absolute Gasteiger partial charge is 0.477 e. The Kier molecular flexibility index (Phi) is 12.6. The molecule has 0 aliphatic carbocycles. The van der Waals surface area contributed by atoms with Crippen LogP contribution in [0.15, 0.2) is 18.2 Å². The third-order valence-electron chi connectivity index (χ3n) is 6.15. The van der Waals surface area contributed by atoms with Gasteiger partial charge in [-0.3, -0.25) is 0 Å². The molecule has 0 bridgehead atoms. The monoisotopic (exact) mass is 795 g/mol. The topological polar surface area (TPSA) is 348 Å². The van der Waals surface area contributed by atoms with Gasteiger partial charge in [-0.15, -0.1) is 0 Å². The molecule has 300 valence electrons. The number of hydrogen-bond acceptors (Lipinski definition) is 22. The van der Waals surface area contributed by atoms with Crippen LogP contribution in [0.25, 0.3) is 17.3 Å². The van der Waals surface area contributed by atoms with Crippen molar-refractivity contribution in [1.29, 1.82) is 0 Å². The van der Waals surface area contributed by atoms with Crippen LogP contribution in [0.4, 0.5) is 0 Å². The third-order valence-corrected chi connectivity index (χ3v) is 6.15. The van der Waals surface area contributed by atoms with Gasteiger partial charge in [0.2, 0.25) is 0 Å². The molecule has 6 heterocycles. The van der Waals surface area contributed by atoms with E-state index in [2.05, 4.69) is 61.5 Å². The molecule has 0 unspecified atom stereocenters. The second-order valence-electron chi connectivity index (χ2n) is 12.8. The molecule has 0 aliphatic rings. The van der Waals surface area contributed by atoms with Crippen molar-refractivity contribution in [2.45, 2.75) is 66.6 Å². The molecule has 27 heteroatoms. The van der Waals surface area contributed by atoms with Crippen molar-refractivity contribution < 1.29 is 57.9 Å². The molecule has 0 fully saturated rings. The Bertz CT molecular complexity index is 2480. The highest BCUT2D eigenvalue weighted by atomic mass is 16.6. The van der Waals surface area contributed by atoms with Gasteiger partial charge in [-0.1, -0.05) is 15.3 Å². The van der Waals surface area contributed by atoms with Crippen molar-refractivity contribution in [2.75, 3.05) is 13.2 Å².